The van der Waals surface area contributed by atoms with Crippen LogP contribution in [0.5, 0.6) is 11.5 Å². The van der Waals surface area contributed by atoms with E-state index in [4.69, 9.17) is 9.47 Å². The number of carbonyl (C=O) groups excluding carboxylic acids is 1. The first-order chi connectivity index (χ1) is 12.7. The van der Waals surface area contributed by atoms with Crippen molar-refractivity contribution < 1.29 is 19.3 Å². The van der Waals surface area contributed by atoms with Gasteiger partial charge in [0, 0.05) is 12.1 Å². The number of hydrogen-bond acceptors (Lipinski definition) is 4. The first kappa shape index (κ1) is 18.0. The van der Waals surface area contributed by atoms with Gasteiger partial charge in [-0.1, -0.05) is 6.07 Å². The number of carbonyl (C=O) groups is 1. The standard InChI is InChI=1S/C20H25N3O3/c1-3-25-16-8-9-17(18(15-16)26-4-2)20(24)23-13-11-22(12-14-23)19-7-5-6-10-21-19/h5-10,15H,3-4,11-14H2,1-2H3/p+1. The highest BCUT2D eigenvalue weighted by atomic mass is 16.5. The summed E-state index contributed by atoms with van der Waals surface area (Å²) in [6.45, 7) is 7.89. The minimum absolute atomic E-state index is 0.00758. The molecule has 0 aliphatic carbocycles. The number of anilines is 1. The minimum atomic E-state index is 0.00758. The van der Waals surface area contributed by atoms with E-state index in [2.05, 4.69) is 16.0 Å². The van der Waals surface area contributed by atoms with E-state index < -0.39 is 0 Å². The molecule has 0 saturated carbocycles. The average Bonchev–Trinajstić information content (AvgIpc) is 2.69. The Morgan fingerprint density at radius 2 is 1.81 bits per heavy atom. The molecular formula is C20H26N3O3+. The second-order valence-corrected chi connectivity index (χ2v) is 6.05. The molecule has 1 saturated heterocycles. The van der Waals surface area contributed by atoms with E-state index in [9.17, 15) is 4.79 Å². The molecule has 1 aromatic carbocycles. The molecule has 6 nitrogen and oxygen atoms in total. The first-order valence-corrected chi connectivity index (χ1v) is 9.13. The van der Waals surface area contributed by atoms with Crippen LogP contribution in [0.25, 0.3) is 0 Å². The predicted molar refractivity (Wildman–Crippen MR) is 99.9 cm³/mol. The van der Waals surface area contributed by atoms with Crippen molar-refractivity contribution in [3.8, 4) is 11.5 Å². The van der Waals surface area contributed by atoms with Crippen molar-refractivity contribution >= 4 is 11.7 Å². The van der Waals surface area contributed by atoms with Gasteiger partial charge >= 0.3 is 0 Å². The van der Waals surface area contributed by atoms with E-state index in [0.29, 0.717) is 37.6 Å². The zero-order valence-corrected chi connectivity index (χ0v) is 15.4. The Labute approximate surface area is 154 Å². The van der Waals surface area contributed by atoms with Gasteiger partial charge < -0.3 is 14.4 Å². The van der Waals surface area contributed by atoms with Crippen molar-refractivity contribution in [3.05, 3.63) is 48.2 Å². The van der Waals surface area contributed by atoms with Gasteiger partial charge in [0.05, 0.1) is 38.1 Å². The number of nitrogens with one attached hydrogen (secondary N) is 1. The Balaban J connectivity index is 1.70. The number of amides is 1. The normalized spacial score (nSPS) is 14.2. The third-order valence-electron chi connectivity index (χ3n) is 4.39. The number of ether oxygens (including phenoxy) is 2. The molecule has 2 heterocycles. The van der Waals surface area contributed by atoms with Crippen LogP contribution in [0, 0.1) is 0 Å². The maximum Gasteiger partial charge on any atom is 0.274 e. The van der Waals surface area contributed by atoms with Crippen LogP contribution in [0.3, 0.4) is 0 Å². The molecule has 0 atom stereocenters. The molecule has 6 heteroatoms. The Kier molecular flexibility index (Phi) is 5.94. The number of H-pyrrole nitrogens is 1. The van der Waals surface area contributed by atoms with Crippen LogP contribution in [0.15, 0.2) is 42.6 Å². The molecule has 26 heavy (non-hydrogen) atoms. The van der Waals surface area contributed by atoms with Crippen LogP contribution in [-0.2, 0) is 0 Å². The van der Waals surface area contributed by atoms with Crippen LogP contribution >= 0.6 is 0 Å². The lowest BCUT2D eigenvalue weighted by Crippen LogP contribution is -2.50. The molecule has 2 aromatic rings. The van der Waals surface area contributed by atoms with Crippen molar-refractivity contribution in [1.29, 1.82) is 0 Å². The van der Waals surface area contributed by atoms with Crippen molar-refractivity contribution in [1.82, 2.24) is 4.90 Å². The van der Waals surface area contributed by atoms with E-state index in [0.717, 1.165) is 24.7 Å². The smallest absolute Gasteiger partial charge is 0.274 e. The van der Waals surface area contributed by atoms with Gasteiger partial charge in [-0.25, -0.2) is 4.98 Å². The number of aromatic amines is 1. The average molecular weight is 356 g/mol. The molecule has 3 rings (SSSR count). The largest absolute Gasteiger partial charge is 0.494 e. The van der Waals surface area contributed by atoms with Gasteiger partial charge in [-0.3, -0.25) is 9.69 Å². The molecule has 1 amide bonds. The molecule has 0 bridgehead atoms. The van der Waals surface area contributed by atoms with Crippen molar-refractivity contribution in [3.63, 3.8) is 0 Å². The van der Waals surface area contributed by atoms with Gasteiger partial charge in [-0.05, 0) is 32.0 Å². The summed E-state index contributed by atoms with van der Waals surface area (Å²) in [6.07, 6.45) is 1.92. The molecule has 0 unspecified atom stereocenters. The van der Waals surface area contributed by atoms with Gasteiger partial charge in [-0.15, -0.1) is 0 Å². The zero-order chi connectivity index (χ0) is 18.4. The summed E-state index contributed by atoms with van der Waals surface area (Å²) in [5.41, 5.74) is 0.593. The third kappa shape index (κ3) is 4.07. The van der Waals surface area contributed by atoms with Gasteiger partial charge in [0.25, 0.3) is 11.7 Å². The predicted octanol–water partition coefficient (Wildman–Crippen LogP) is 2.26. The lowest BCUT2D eigenvalue weighted by molar-refractivity contribution is -0.364. The lowest BCUT2D eigenvalue weighted by Gasteiger charge is -2.31. The van der Waals surface area contributed by atoms with Gasteiger partial charge in [0.1, 0.15) is 24.6 Å². The maximum absolute atomic E-state index is 13.0. The quantitative estimate of drug-likeness (QED) is 0.797. The summed E-state index contributed by atoms with van der Waals surface area (Å²) in [4.78, 5) is 20.4. The highest BCUT2D eigenvalue weighted by Gasteiger charge is 2.28. The third-order valence-corrected chi connectivity index (χ3v) is 4.39. The second kappa shape index (κ2) is 8.56. The summed E-state index contributed by atoms with van der Waals surface area (Å²) in [6, 6.07) is 11.5. The van der Waals surface area contributed by atoms with E-state index in [1.165, 1.54) is 0 Å². The summed E-state index contributed by atoms with van der Waals surface area (Å²) in [5.74, 6) is 2.39. The molecule has 0 spiro atoms. The highest BCUT2D eigenvalue weighted by molar-refractivity contribution is 5.97. The number of aromatic nitrogens is 1. The highest BCUT2D eigenvalue weighted by Crippen LogP contribution is 2.27. The van der Waals surface area contributed by atoms with Crippen LogP contribution < -0.4 is 19.4 Å². The molecular weight excluding hydrogens is 330 g/mol. The van der Waals surface area contributed by atoms with Crippen LogP contribution in [0.2, 0.25) is 0 Å². The number of pyridine rings is 1. The Morgan fingerprint density at radius 1 is 1.04 bits per heavy atom. The Bertz CT molecular complexity index is 728. The van der Waals surface area contributed by atoms with Gasteiger partial charge in [0.15, 0.2) is 0 Å². The minimum Gasteiger partial charge on any atom is -0.494 e. The van der Waals surface area contributed by atoms with Gasteiger partial charge in [0.2, 0.25) is 0 Å². The molecule has 1 N–H and O–H groups in total. The van der Waals surface area contributed by atoms with Gasteiger partial charge in [-0.2, -0.15) is 0 Å². The summed E-state index contributed by atoms with van der Waals surface area (Å²) >= 11 is 0. The molecule has 138 valence electrons. The topological polar surface area (TPSA) is 56.2 Å². The van der Waals surface area contributed by atoms with Crippen LogP contribution in [0.1, 0.15) is 24.2 Å². The van der Waals surface area contributed by atoms with E-state index in [1.807, 2.05) is 43.1 Å². The monoisotopic (exact) mass is 356 g/mol. The molecule has 1 aromatic heterocycles. The van der Waals surface area contributed by atoms with Crippen molar-refractivity contribution in [2.24, 2.45) is 0 Å². The van der Waals surface area contributed by atoms with Crippen LogP contribution in [-0.4, -0.2) is 50.2 Å². The Hall–Kier alpha value is -2.76. The Morgan fingerprint density at radius 3 is 2.46 bits per heavy atom. The summed E-state index contributed by atoms with van der Waals surface area (Å²) < 4.78 is 11.2. The fourth-order valence-corrected chi connectivity index (χ4v) is 3.11. The van der Waals surface area contributed by atoms with Crippen molar-refractivity contribution in [2.75, 3.05) is 44.3 Å². The fourth-order valence-electron chi connectivity index (χ4n) is 3.11. The van der Waals surface area contributed by atoms with E-state index in [1.54, 1.807) is 12.1 Å². The maximum atomic E-state index is 13.0. The summed E-state index contributed by atoms with van der Waals surface area (Å²) in [5, 5.41) is 0. The molecule has 1 aliphatic heterocycles. The number of rotatable bonds is 6. The summed E-state index contributed by atoms with van der Waals surface area (Å²) in [7, 11) is 0. The van der Waals surface area contributed by atoms with Crippen molar-refractivity contribution in [2.45, 2.75) is 13.8 Å². The zero-order valence-electron chi connectivity index (χ0n) is 15.4. The first-order valence-electron chi connectivity index (χ1n) is 9.13. The molecule has 1 fully saturated rings. The van der Waals surface area contributed by atoms with Crippen LogP contribution in [0.4, 0.5) is 5.82 Å². The number of nitrogens with zero attached hydrogens (tertiary/aromatic N) is 2. The second-order valence-electron chi connectivity index (χ2n) is 6.05. The van der Waals surface area contributed by atoms with E-state index in [-0.39, 0.29) is 5.91 Å². The number of hydrogen-bond donors (Lipinski definition) is 0. The SMILES string of the molecule is CCOc1ccc(C(=O)N2CCN(c3cccc[nH+]3)CC2)c(OCC)c1. The fraction of sp³-hybridized carbons (Fsp3) is 0.400. The number of piperazine rings is 1. The number of benzene rings is 1. The molecule has 0 radical (unpaired) electrons. The lowest BCUT2D eigenvalue weighted by atomic mass is 10.1. The van der Waals surface area contributed by atoms with E-state index >= 15 is 0 Å². The molecule has 1 aliphatic rings.